The second-order valence-electron chi connectivity index (χ2n) is 15.6. The van der Waals surface area contributed by atoms with Crippen molar-refractivity contribution in [3.63, 3.8) is 0 Å². The van der Waals surface area contributed by atoms with Crippen molar-refractivity contribution in [2.45, 2.75) is 6.92 Å². The van der Waals surface area contributed by atoms with Gasteiger partial charge in [-0.25, -0.2) is 0 Å². The highest BCUT2D eigenvalue weighted by Crippen LogP contribution is 2.59. The van der Waals surface area contributed by atoms with Gasteiger partial charge in [-0.1, -0.05) is 181 Å². The fourth-order valence-corrected chi connectivity index (χ4v) is 10.8. The average Bonchev–Trinajstić information content (AvgIpc) is 3.83. The molecule has 0 aliphatic heterocycles. The fraction of sp³-hybridized carbons (Fsp3) is 0.0175. The van der Waals surface area contributed by atoms with Gasteiger partial charge in [0.2, 0.25) is 0 Å². The van der Waals surface area contributed by atoms with E-state index in [9.17, 15) is 0 Å². The van der Waals surface area contributed by atoms with Crippen LogP contribution >= 0.6 is 11.3 Å². The molecule has 270 valence electrons. The quantitative estimate of drug-likeness (QED) is 0.164. The maximum atomic E-state index is 2.44. The monoisotopic (exact) mass is 752 g/mol. The number of thiophene rings is 1. The Morgan fingerprint density at radius 3 is 1.48 bits per heavy atom. The number of hydrogen-bond acceptors (Lipinski definition) is 1. The van der Waals surface area contributed by atoms with Crippen molar-refractivity contribution >= 4 is 53.1 Å². The Morgan fingerprint density at radius 2 is 0.810 bits per heavy atom. The molecule has 0 amide bonds. The maximum absolute atomic E-state index is 2.44. The Morgan fingerprint density at radius 1 is 0.293 bits per heavy atom. The predicted molar refractivity (Wildman–Crippen MR) is 251 cm³/mol. The van der Waals surface area contributed by atoms with Crippen LogP contribution < -0.4 is 0 Å². The first-order valence-electron chi connectivity index (χ1n) is 20.1. The normalized spacial score (nSPS) is 11.9. The molecule has 1 heterocycles. The van der Waals surface area contributed by atoms with E-state index in [1.165, 1.54) is 125 Å². The average molecular weight is 753 g/mol. The summed E-state index contributed by atoms with van der Waals surface area (Å²) >= 11 is 1.91. The molecule has 10 aromatic carbocycles. The Balaban J connectivity index is 1.18. The molecule has 1 aliphatic carbocycles. The van der Waals surface area contributed by atoms with Crippen molar-refractivity contribution in [2.24, 2.45) is 0 Å². The van der Waals surface area contributed by atoms with Gasteiger partial charge in [0.15, 0.2) is 0 Å². The first-order valence-corrected chi connectivity index (χ1v) is 20.9. The van der Waals surface area contributed by atoms with Crippen LogP contribution in [0.3, 0.4) is 0 Å². The molecule has 0 N–H and O–H groups in total. The van der Waals surface area contributed by atoms with Gasteiger partial charge in [0.1, 0.15) is 0 Å². The Kier molecular flexibility index (Phi) is 7.42. The zero-order chi connectivity index (χ0) is 38.3. The standard InChI is InChI=1S/C57H36S/c1-35-24-26-39(27-25-35)53-45-21-12-11-20-44(45)52(38-18-9-4-10-19-38)55-46-23-13-22-43-42(29-30-47(54(43)46)56(53)55)49-33-41(37-16-7-3-8-17-37)34-50-48-32-40(36-14-5-2-6-15-36)28-31-51(48)58-57(49)50/h2-34H,1H3. The van der Waals surface area contributed by atoms with E-state index in [0.29, 0.717) is 0 Å². The van der Waals surface area contributed by atoms with Crippen LogP contribution in [-0.4, -0.2) is 0 Å². The summed E-state index contributed by atoms with van der Waals surface area (Å²) in [4.78, 5) is 0. The highest BCUT2D eigenvalue weighted by atomic mass is 32.1. The van der Waals surface area contributed by atoms with Gasteiger partial charge in [-0.2, -0.15) is 0 Å². The summed E-state index contributed by atoms with van der Waals surface area (Å²) in [5, 5.41) is 7.80. The van der Waals surface area contributed by atoms with Gasteiger partial charge in [-0.05, 0) is 125 Å². The van der Waals surface area contributed by atoms with Crippen molar-refractivity contribution in [1.82, 2.24) is 0 Å². The molecule has 0 bridgehead atoms. The fourth-order valence-electron chi connectivity index (χ4n) is 9.65. The number of benzene rings is 10. The van der Waals surface area contributed by atoms with Crippen LogP contribution in [0.15, 0.2) is 200 Å². The van der Waals surface area contributed by atoms with E-state index in [4.69, 9.17) is 0 Å². The molecule has 0 fully saturated rings. The van der Waals surface area contributed by atoms with E-state index in [1.807, 2.05) is 11.3 Å². The van der Waals surface area contributed by atoms with Gasteiger partial charge in [0.25, 0.3) is 0 Å². The zero-order valence-corrected chi connectivity index (χ0v) is 32.8. The van der Waals surface area contributed by atoms with E-state index in [-0.39, 0.29) is 0 Å². The molecule has 0 radical (unpaired) electrons. The van der Waals surface area contributed by atoms with Gasteiger partial charge in [0, 0.05) is 25.7 Å². The van der Waals surface area contributed by atoms with E-state index in [2.05, 4.69) is 207 Å². The van der Waals surface area contributed by atoms with Gasteiger partial charge in [-0.15, -0.1) is 11.3 Å². The molecule has 0 spiro atoms. The molecule has 1 aliphatic rings. The first-order chi connectivity index (χ1) is 28.7. The highest BCUT2D eigenvalue weighted by Gasteiger charge is 2.31. The SMILES string of the molecule is Cc1ccc(-c2c3c(c(-c4ccccc4)c4ccccc24)-c2cccc4c(-c5cc(-c6ccccc6)cc6c5sc5ccc(-c7ccccc7)cc56)ccc-3c24)cc1. The largest absolute Gasteiger partial charge is 0.135 e. The summed E-state index contributed by atoms with van der Waals surface area (Å²) in [5.74, 6) is 0. The zero-order valence-electron chi connectivity index (χ0n) is 32.0. The van der Waals surface area contributed by atoms with E-state index >= 15 is 0 Å². The molecule has 0 unspecified atom stereocenters. The van der Waals surface area contributed by atoms with Crippen LogP contribution in [0.2, 0.25) is 0 Å². The molecule has 1 heteroatoms. The summed E-state index contributed by atoms with van der Waals surface area (Å²) < 4.78 is 2.63. The third-order valence-electron chi connectivity index (χ3n) is 12.3. The van der Waals surface area contributed by atoms with E-state index < -0.39 is 0 Å². The van der Waals surface area contributed by atoms with Gasteiger partial charge in [0.05, 0.1) is 0 Å². The van der Waals surface area contributed by atoms with Gasteiger partial charge in [-0.3, -0.25) is 0 Å². The van der Waals surface area contributed by atoms with Gasteiger partial charge >= 0.3 is 0 Å². The van der Waals surface area contributed by atoms with Crippen LogP contribution in [-0.2, 0) is 0 Å². The summed E-state index contributed by atoms with van der Waals surface area (Å²) in [5.41, 5.74) is 19.1. The minimum atomic E-state index is 1.23. The van der Waals surface area contributed by atoms with Crippen LogP contribution in [0.4, 0.5) is 0 Å². The van der Waals surface area contributed by atoms with Crippen LogP contribution in [0.25, 0.3) is 120 Å². The Hall–Kier alpha value is -7.06. The molecule has 0 atom stereocenters. The Labute approximate surface area is 342 Å². The molecule has 0 saturated heterocycles. The molecular formula is C57H36S. The first kappa shape index (κ1) is 33.1. The number of rotatable bonds is 5. The summed E-state index contributed by atoms with van der Waals surface area (Å²) in [6, 6.07) is 74.5. The number of hydrogen-bond donors (Lipinski definition) is 0. The highest BCUT2D eigenvalue weighted by molar-refractivity contribution is 7.26. The molecule has 0 saturated carbocycles. The van der Waals surface area contributed by atoms with E-state index in [1.54, 1.807) is 0 Å². The number of aryl methyl sites for hydroxylation is 1. The topological polar surface area (TPSA) is 0 Å². The molecule has 1 aromatic heterocycles. The smallest absolute Gasteiger partial charge is 0.0434 e. The Bertz CT molecular complexity index is 3410. The summed E-state index contributed by atoms with van der Waals surface area (Å²) in [6.45, 7) is 2.17. The lowest BCUT2D eigenvalue weighted by atomic mass is 9.82. The summed E-state index contributed by atoms with van der Waals surface area (Å²) in [6.07, 6.45) is 0. The summed E-state index contributed by atoms with van der Waals surface area (Å²) in [7, 11) is 0. The molecule has 12 rings (SSSR count). The minimum absolute atomic E-state index is 1.23. The van der Waals surface area contributed by atoms with Crippen molar-refractivity contribution < 1.29 is 0 Å². The lowest BCUT2D eigenvalue weighted by Crippen LogP contribution is -1.93. The lowest BCUT2D eigenvalue weighted by molar-refractivity contribution is 1.47. The number of fused-ring (bicyclic) bond motifs is 7. The van der Waals surface area contributed by atoms with Crippen molar-refractivity contribution in [2.75, 3.05) is 0 Å². The maximum Gasteiger partial charge on any atom is 0.0434 e. The third kappa shape index (κ3) is 5.00. The minimum Gasteiger partial charge on any atom is -0.135 e. The predicted octanol–water partition coefficient (Wildman–Crippen LogP) is 16.7. The molecular weight excluding hydrogens is 717 g/mol. The van der Waals surface area contributed by atoms with Crippen molar-refractivity contribution in [3.8, 4) is 77.9 Å². The molecule has 0 nitrogen and oxygen atoms in total. The lowest BCUT2D eigenvalue weighted by Gasteiger charge is -2.20. The molecule has 58 heavy (non-hydrogen) atoms. The third-order valence-corrected chi connectivity index (χ3v) is 13.5. The van der Waals surface area contributed by atoms with E-state index in [0.717, 1.165) is 0 Å². The second kappa shape index (κ2) is 13.0. The van der Waals surface area contributed by atoms with Gasteiger partial charge < -0.3 is 0 Å². The van der Waals surface area contributed by atoms with Crippen molar-refractivity contribution in [1.29, 1.82) is 0 Å². The van der Waals surface area contributed by atoms with Crippen LogP contribution in [0.1, 0.15) is 5.56 Å². The van der Waals surface area contributed by atoms with Crippen LogP contribution in [0.5, 0.6) is 0 Å². The van der Waals surface area contributed by atoms with Crippen molar-refractivity contribution in [3.05, 3.63) is 206 Å². The van der Waals surface area contributed by atoms with Crippen LogP contribution in [0, 0.1) is 6.92 Å². The molecule has 11 aromatic rings. The second-order valence-corrected chi connectivity index (χ2v) is 16.7.